The van der Waals surface area contributed by atoms with Crippen molar-refractivity contribution in [3.8, 4) is 0 Å². The SMILES string of the molecule is CCCCCCCCSCC(=O)Nc1cccc(S(=O)(=O)Nc2ccc(NNC=O)cc2)c1. The molecule has 0 saturated heterocycles. The fourth-order valence-corrected chi connectivity index (χ4v) is 4.95. The standard InChI is InChI=1S/C23H32N4O4S2/c1-2-3-4-5-6-7-15-32-17-23(29)25-21-9-8-10-22(16-21)33(30,31)27-20-13-11-19(12-14-20)26-24-18-28/h8-14,16,18,26-27H,2-7,15,17H2,1H3,(H,24,28)(H,25,29). The third-order valence-electron chi connectivity index (χ3n) is 4.72. The van der Waals surface area contributed by atoms with Crippen LogP contribution in [0, 0.1) is 0 Å². The number of hydrazine groups is 1. The molecule has 0 saturated carbocycles. The predicted molar refractivity (Wildman–Crippen MR) is 136 cm³/mol. The Hall–Kier alpha value is -2.72. The van der Waals surface area contributed by atoms with Crippen LogP contribution >= 0.6 is 11.8 Å². The van der Waals surface area contributed by atoms with Crippen molar-refractivity contribution >= 4 is 51.2 Å². The summed E-state index contributed by atoms with van der Waals surface area (Å²) in [5.41, 5.74) is 6.34. The molecule has 33 heavy (non-hydrogen) atoms. The number of unbranched alkanes of at least 4 members (excludes halogenated alkanes) is 5. The van der Waals surface area contributed by atoms with Gasteiger partial charge in [-0.05, 0) is 54.6 Å². The highest BCUT2D eigenvalue weighted by Gasteiger charge is 2.15. The van der Waals surface area contributed by atoms with E-state index in [9.17, 15) is 18.0 Å². The van der Waals surface area contributed by atoms with Crippen LogP contribution in [0.5, 0.6) is 0 Å². The lowest BCUT2D eigenvalue weighted by Gasteiger charge is -2.11. The van der Waals surface area contributed by atoms with Gasteiger partial charge in [-0.15, -0.1) is 0 Å². The second-order valence-electron chi connectivity index (χ2n) is 7.47. The molecular weight excluding hydrogens is 460 g/mol. The molecule has 0 heterocycles. The normalized spacial score (nSPS) is 10.9. The van der Waals surface area contributed by atoms with E-state index in [4.69, 9.17) is 0 Å². The summed E-state index contributed by atoms with van der Waals surface area (Å²) in [5, 5.41) is 2.77. The summed E-state index contributed by atoms with van der Waals surface area (Å²) in [4.78, 5) is 22.6. The monoisotopic (exact) mass is 492 g/mol. The fraction of sp³-hybridized carbons (Fsp3) is 0.391. The number of anilines is 3. The minimum Gasteiger partial charge on any atom is -0.325 e. The summed E-state index contributed by atoms with van der Waals surface area (Å²) in [5.74, 6) is 1.13. The van der Waals surface area contributed by atoms with Gasteiger partial charge < -0.3 is 5.32 Å². The summed E-state index contributed by atoms with van der Waals surface area (Å²) in [6, 6.07) is 12.5. The maximum Gasteiger partial charge on any atom is 0.261 e. The number of rotatable bonds is 16. The first-order valence-corrected chi connectivity index (χ1v) is 13.6. The summed E-state index contributed by atoms with van der Waals surface area (Å²) < 4.78 is 28.0. The largest absolute Gasteiger partial charge is 0.325 e. The molecule has 0 bridgehead atoms. The van der Waals surface area contributed by atoms with Crippen LogP contribution < -0.4 is 20.9 Å². The van der Waals surface area contributed by atoms with E-state index in [2.05, 4.69) is 27.8 Å². The Balaban J connectivity index is 1.83. The predicted octanol–water partition coefficient (Wildman–Crippen LogP) is 4.59. The van der Waals surface area contributed by atoms with Crippen molar-refractivity contribution < 1.29 is 18.0 Å². The number of amides is 2. The van der Waals surface area contributed by atoms with Crippen LogP contribution in [0.1, 0.15) is 45.4 Å². The Labute approximate surface area is 200 Å². The second-order valence-corrected chi connectivity index (χ2v) is 10.3. The molecule has 0 unspecified atom stereocenters. The summed E-state index contributed by atoms with van der Waals surface area (Å²) in [6.45, 7) is 2.20. The van der Waals surface area contributed by atoms with Crippen molar-refractivity contribution in [2.45, 2.75) is 50.3 Å². The van der Waals surface area contributed by atoms with Gasteiger partial charge in [-0.3, -0.25) is 25.2 Å². The van der Waals surface area contributed by atoms with Crippen LogP contribution in [-0.2, 0) is 19.6 Å². The molecule has 10 heteroatoms. The molecule has 0 atom stereocenters. The molecule has 0 fully saturated rings. The first-order chi connectivity index (χ1) is 15.9. The number of hydrogen-bond donors (Lipinski definition) is 4. The van der Waals surface area contributed by atoms with Crippen LogP contribution in [0.15, 0.2) is 53.4 Å². The van der Waals surface area contributed by atoms with E-state index in [0.717, 1.165) is 12.2 Å². The zero-order valence-electron chi connectivity index (χ0n) is 18.8. The molecule has 2 aromatic carbocycles. The molecule has 0 aliphatic rings. The number of sulfonamides is 1. The summed E-state index contributed by atoms with van der Waals surface area (Å²) in [7, 11) is -3.83. The molecule has 8 nitrogen and oxygen atoms in total. The number of carbonyl (C=O) groups is 2. The third kappa shape index (κ3) is 10.2. The van der Waals surface area contributed by atoms with Gasteiger partial charge in [0.25, 0.3) is 10.0 Å². The van der Waals surface area contributed by atoms with Crippen molar-refractivity contribution in [1.82, 2.24) is 5.43 Å². The van der Waals surface area contributed by atoms with Crippen molar-refractivity contribution in [1.29, 1.82) is 0 Å². The molecule has 2 amide bonds. The highest BCUT2D eigenvalue weighted by molar-refractivity contribution is 7.99. The molecule has 180 valence electrons. The minimum absolute atomic E-state index is 0.0462. The van der Waals surface area contributed by atoms with Crippen molar-refractivity contribution in [2.24, 2.45) is 0 Å². The van der Waals surface area contributed by atoms with Gasteiger partial charge in [0.1, 0.15) is 0 Å². The van der Waals surface area contributed by atoms with E-state index in [1.54, 1.807) is 48.2 Å². The van der Waals surface area contributed by atoms with E-state index < -0.39 is 10.0 Å². The smallest absolute Gasteiger partial charge is 0.261 e. The van der Waals surface area contributed by atoms with Crippen LogP contribution in [0.2, 0.25) is 0 Å². The quantitative estimate of drug-likeness (QED) is 0.155. The first-order valence-electron chi connectivity index (χ1n) is 11.0. The highest BCUT2D eigenvalue weighted by atomic mass is 32.2. The molecule has 2 rings (SSSR count). The van der Waals surface area contributed by atoms with Gasteiger partial charge in [0, 0.05) is 11.4 Å². The lowest BCUT2D eigenvalue weighted by molar-refractivity contribution is -0.113. The lowest BCUT2D eigenvalue weighted by Crippen LogP contribution is -2.19. The van der Waals surface area contributed by atoms with E-state index in [0.29, 0.717) is 29.2 Å². The highest BCUT2D eigenvalue weighted by Crippen LogP contribution is 2.21. The van der Waals surface area contributed by atoms with Gasteiger partial charge in [0.2, 0.25) is 12.3 Å². The Kier molecular flexibility index (Phi) is 11.6. The van der Waals surface area contributed by atoms with E-state index in [1.807, 2.05) is 0 Å². The molecule has 0 aromatic heterocycles. The number of carbonyl (C=O) groups excluding carboxylic acids is 2. The second kappa shape index (κ2) is 14.4. The molecule has 0 aliphatic heterocycles. The fourth-order valence-electron chi connectivity index (χ4n) is 3.04. The number of benzene rings is 2. The molecule has 4 N–H and O–H groups in total. The van der Waals surface area contributed by atoms with Crippen LogP contribution in [0.3, 0.4) is 0 Å². The zero-order valence-corrected chi connectivity index (χ0v) is 20.4. The Morgan fingerprint density at radius 2 is 1.64 bits per heavy atom. The van der Waals surface area contributed by atoms with Crippen LogP contribution in [0.4, 0.5) is 17.1 Å². The van der Waals surface area contributed by atoms with E-state index >= 15 is 0 Å². The molecule has 0 radical (unpaired) electrons. The Bertz CT molecular complexity index is 982. The average Bonchev–Trinajstić information content (AvgIpc) is 2.80. The number of nitrogens with one attached hydrogen (secondary N) is 4. The van der Waals surface area contributed by atoms with Gasteiger partial charge >= 0.3 is 0 Å². The third-order valence-corrected chi connectivity index (χ3v) is 7.14. The summed E-state index contributed by atoms with van der Waals surface area (Å²) >= 11 is 1.59. The van der Waals surface area contributed by atoms with Crippen molar-refractivity contribution in [3.05, 3.63) is 48.5 Å². The van der Waals surface area contributed by atoms with Crippen LogP contribution in [0.25, 0.3) is 0 Å². The number of thioether (sulfide) groups is 1. The molecular formula is C23H32N4O4S2. The molecule has 2 aromatic rings. The Morgan fingerprint density at radius 1 is 0.939 bits per heavy atom. The van der Waals surface area contributed by atoms with E-state index in [-0.39, 0.29) is 10.8 Å². The van der Waals surface area contributed by atoms with Crippen molar-refractivity contribution in [2.75, 3.05) is 27.0 Å². The van der Waals surface area contributed by atoms with Crippen molar-refractivity contribution in [3.63, 3.8) is 0 Å². The maximum absolute atomic E-state index is 12.7. The summed E-state index contributed by atoms with van der Waals surface area (Å²) in [6.07, 6.45) is 7.83. The molecule has 0 spiro atoms. The first kappa shape index (κ1) is 26.5. The van der Waals surface area contributed by atoms with Gasteiger partial charge in [-0.25, -0.2) is 8.42 Å². The maximum atomic E-state index is 12.7. The average molecular weight is 493 g/mol. The van der Waals surface area contributed by atoms with Gasteiger partial charge in [-0.1, -0.05) is 45.1 Å². The topological polar surface area (TPSA) is 116 Å². The van der Waals surface area contributed by atoms with Crippen LogP contribution in [-0.4, -0.2) is 32.2 Å². The number of hydrogen-bond acceptors (Lipinski definition) is 6. The lowest BCUT2D eigenvalue weighted by atomic mass is 10.1. The van der Waals surface area contributed by atoms with Gasteiger partial charge in [-0.2, -0.15) is 11.8 Å². The minimum atomic E-state index is -3.83. The molecule has 0 aliphatic carbocycles. The van der Waals surface area contributed by atoms with Gasteiger partial charge in [0.15, 0.2) is 0 Å². The van der Waals surface area contributed by atoms with E-state index in [1.165, 1.54) is 44.2 Å². The van der Waals surface area contributed by atoms with Gasteiger partial charge in [0.05, 0.1) is 16.3 Å². The Morgan fingerprint density at radius 3 is 2.36 bits per heavy atom. The zero-order chi connectivity index (χ0) is 23.9.